The van der Waals surface area contributed by atoms with Gasteiger partial charge in [-0.1, -0.05) is 42.5 Å². The molecule has 1 aliphatic heterocycles. The van der Waals surface area contributed by atoms with Crippen molar-refractivity contribution in [3.05, 3.63) is 28.2 Å². The van der Waals surface area contributed by atoms with Crippen molar-refractivity contribution >= 4 is 33.2 Å². The molecule has 8 heteroatoms. The number of benzene rings is 1. The number of nitrogens with one attached hydrogen (secondary N) is 1. The average molecular weight is 407 g/mol. The van der Waals surface area contributed by atoms with E-state index in [0.717, 1.165) is 38.8 Å². The SMILES string of the molecule is O=S(=O)(NCC1(N2CCOCC2)CCCCC1)c1cc(Cl)ccc1Cl. The molecule has 5 nitrogen and oxygen atoms in total. The molecular weight excluding hydrogens is 383 g/mol. The van der Waals surface area contributed by atoms with Gasteiger partial charge in [0.1, 0.15) is 4.90 Å². The molecule has 0 aromatic heterocycles. The highest BCUT2D eigenvalue weighted by molar-refractivity contribution is 7.89. The van der Waals surface area contributed by atoms with Crippen LogP contribution < -0.4 is 4.72 Å². The van der Waals surface area contributed by atoms with Crippen molar-refractivity contribution in [1.82, 2.24) is 9.62 Å². The first kappa shape index (κ1) is 19.4. The zero-order valence-corrected chi connectivity index (χ0v) is 16.5. The van der Waals surface area contributed by atoms with Crippen LogP contribution >= 0.6 is 23.2 Å². The highest BCUT2D eigenvalue weighted by Gasteiger charge is 2.39. The van der Waals surface area contributed by atoms with Gasteiger partial charge in [-0.25, -0.2) is 13.1 Å². The van der Waals surface area contributed by atoms with E-state index in [2.05, 4.69) is 9.62 Å². The molecule has 0 radical (unpaired) electrons. The van der Waals surface area contributed by atoms with Gasteiger partial charge in [0.2, 0.25) is 10.0 Å². The van der Waals surface area contributed by atoms with Crippen molar-refractivity contribution in [2.75, 3.05) is 32.8 Å². The smallest absolute Gasteiger partial charge is 0.242 e. The predicted octanol–water partition coefficient (Wildman–Crippen LogP) is 3.31. The van der Waals surface area contributed by atoms with Gasteiger partial charge in [-0.2, -0.15) is 0 Å². The fraction of sp³-hybridized carbons (Fsp3) is 0.647. The first-order valence-electron chi connectivity index (χ1n) is 8.71. The van der Waals surface area contributed by atoms with Crippen molar-refractivity contribution in [2.45, 2.75) is 42.5 Å². The molecule has 0 unspecified atom stereocenters. The van der Waals surface area contributed by atoms with E-state index in [1.807, 2.05) is 0 Å². The molecule has 1 heterocycles. The molecule has 1 aromatic rings. The van der Waals surface area contributed by atoms with Gasteiger partial charge < -0.3 is 4.74 Å². The number of ether oxygens (including phenoxy) is 1. The van der Waals surface area contributed by atoms with Crippen LogP contribution in [0.3, 0.4) is 0 Å². The standard InChI is InChI=1S/C17H24Cl2N2O3S/c18-14-4-5-15(19)16(12-14)25(22,23)20-13-17(6-2-1-3-7-17)21-8-10-24-11-9-21/h4-5,12,20H,1-3,6-11,13H2. The number of hydrogen-bond acceptors (Lipinski definition) is 4. The minimum Gasteiger partial charge on any atom is -0.379 e. The Bertz CT molecular complexity index is 700. The quantitative estimate of drug-likeness (QED) is 0.814. The lowest BCUT2D eigenvalue weighted by atomic mass is 9.80. The van der Waals surface area contributed by atoms with Crippen LogP contribution in [-0.4, -0.2) is 51.7 Å². The summed E-state index contributed by atoms with van der Waals surface area (Å²) in [6.45, 7) is 3.49. The summed E-state index contributed by atoms with van der Waals surface area (Å²) >= 11 is 12.0. The molecule has 140 valence electrons. The molecule has 3 rings (SSSR count). The number of rotatable bonds is 5. The lowest BCUT2D eigenvalue weighted by molar-refractivity contribution is -0.0348. The summed E-state index contributed by atoms with van der Waals surface area (Å²) in [4.78, 5) is 2.44. The maximum absolute atomic E-state index is 12.8. The Kier molecular flexibility index (Phi) is 6.29. The maximum atomic E-state index is 12.8. The lowest BCUT2D eigenvalue weighted by Crippen LogP contribution is -2.59. The summed E-state index contributed by atoms with van der Waals surface area (Å²) in [6, 6.07) is 4.49. The highest BCUT2D eigenvalue weighted by Crippen LogP contribution is 2.34. The zero-order valence-electron chi connectivity index (χ0n) is 14.1. The molecule has 1 N–H and O–H groups in total. The Morgan fingerprint density at radius 1 is 1.12 bits per heavy atom. The van der Waals surface area contributed by atoms with Crippen LogP contribution in [0.1, 0.15) is 32.1 Å². The normalized spacial score (nSPS) is 22.0. The summed E-state index contributed by atoms with van der Waals surface area (Å²) in [5.41, 5.74) is -0.139. The third-order valence-electron chi connectivity index (χ3n) is 5.24. The van der Waals surface area contributed by atoms with Crippen LogP contribution in [0.4, 0.5) is 0 Å². The topological polar surface area (TPSA) is 58.6 Å². The second-order valence-electron chi connectivity index (χ2n) is 6.78. The van der Waals surface area contributed by atoms with Gasteiger partial charge in [-0.05, 0) is 31.0 Å². The minimum atomic E-state index is -3.71. The largest absolute Gasteiger partial charge is 0.379 e. The molecule has 0 bridgehead atoms. The van der Waals surface area contributed by atoms with E-state index in [1.54, 1.807) is 6.07 Å². The monoisotopic (exact) mass is 406 g/mol. The number of nitrogens with zero attached hydrogens (tertiary/aromatic N) is 1. The zero-order chi connectivity index (χ0) is 17.9. The Hall–Kier alpha value is -0.370. The van der Waals surface area contributed by atoms with E-state index in [9.17, 15) is 8.42 Å². The summed E-state index contributed by atoms with van der Waals surface area (Å²) in [6.07, 6.45) is 5.45. The molecule has 2 fully saturated rings. The summed E-state index contributed by atoms with van der Waals surface area (Å²) in [5.74, 6) is 0. The third-order valence-corrected chi connectivity index (χ3v) is 7.36. The van der Waals surface area contributed by atoms with Crippen LogP contribution in [0.25, 0.3) is 0 Å². The lowest BCUT2D eigenvalue weighted by Gasteiger charge is -2.48. The Morgan fingerprint density at radius 3 is 2.48 bits per heavy atom. The van der Waals surface area contributed by atoms with Gasteiger partial charge in [0.25, 0.3) is 0 Å². The van der Waals surface area contributed by atoms with E-state index in [4.69, 9.17) is 27.9 Å². The first-order chi connectivity index (χ1) is 11.9. The first-order valence-corrected chi connectivity index (χ1v) is 10.9. The maximum Gasteiger partial charge on any atom is 0.242 e. The summed E-state index contributed by atoms with van der Waals surface area (Å²) in [5, 5.41) is 0.534. The van der Waals surface area contributed by atoms with Crippen LogP contribution in [0, 0.1) is 0 Å². The van der Waals surface area contributed by atoms with Gasteiger partial charge >= 0.3 is 0 Å². The molecule has 1 aliphatic carbocycles. The summed E-state index contributed by atoms with van der Waals surface area (Å²) < 4.78 is 33.8. The fourth-order valence-corrected chi connectivity index (χ4v) is 5.72. The van der Waals surface area contributed by atoms with E-state index < -0.39 is 10.0 Å². The average Bonchev–Trinajstić information content (AvgIpc) is 2.63. The third kappa shape index (κ3) is 4.49. The van der Waals surface area contributed by atoms with Crippen LogP contribution in [0.2, 0.25) is 10.0 Å². The molecule has 0 atom stereocenters. The second kappa shape index (κ2) is 8.11. The number of morpholine rings is 1. The molecular formula is C17H24Cl2N2O3S. The van der Waals surface area contributed by atoms with Gasteiger partial charge in [0.15, 0.2) is 0 Å². The number of sulfonamides is 1. The van der Waals surface area contributed by atoms with Gasteiger partial charge in [-0.3, -0.25) is 4.90 Å². The molecule has 1 saturated heterocycles. The molecule has 1 saturated carbocycles. The molecule has 1 aromatic carbocycles. The van der Waals surface area contributed by atoms with Gasteiger partial charge in [-0.15, -0.1) is 0 Å². The van der Waals surface area contributed by atoms with E-state index in [1.165, 1.54) is 18.6 Å². The molecule has 0 amide bonds. The molecule has 25 heavy (non-hydrogen) atoms. The van der Waals surface area contributed by atoms with Gasteiger partial charge in [0.05, 0.1) is 18.2 Å². The van der Waals surface area contributed by atoms with Crippen LogP contribution in [0.15, 0.2) is 23.1 Å². The second-order valence-corrected chi connectivity index (χ2v) is 9.36. The Balaban J connectivity index is 1.79. The van der Waals surface area contributed by atoms with Gasteiger partial charge in [0, 0.05) is 30.2 Å². The van der Waals surface area contributed by atoms with Crippen molar-refractivity contribution in [3.8, 4) is 0 Å². The molecule has 0 spiro atoms. The number of halogens is 2. The van der Waals surface area contributed by atoms with E-state index in [0.29, 0.717) is 24.8 Å². The Morgan fingerprint density at radius 2 is 1.80 bits per heavy atom. The molecule has 2 aliphatic rings. The van der Waals surface area contributed by atoms with Crippen molar-refractivity contribution in [2.24, 2.45) is 0 Å². The predicted molar refractivity (Wildman–Crippen MR) is 99.9 cm³/mol. The fourth-order valence-electron chi connectivity index (χ4n) is 3.84. The van der Waals surface area contributed by atoms with Crippen molar-refractivity contribution in [1.29, 1.82) is 0 Å². The Labute approximate surface area is 159 Å². The number of hydrogen-bond donors (Lipinski definition) is 1. The van der Waals surface area contributed by atoms with Crippen molar-refractivity contribution in [3.63, 3.8) is 0 Å². The van der Waals surface area contributed by atoms with E-state index >= 15 is 0 Å². The highest BCUT2D eigenvalue weighted by atomic mass is 35.5. The van der Waals surface area contributed by atoms with E-state index in [-0.39, 0.29) is 15.5 Å². The summed E-state index contributed by atoms with van der Waals surface area (Å²) in [7, 11) is -3.71. The minimum absolute atomic E-state index is 0.0367. The van der Waals surface area contributed by atoms with Crippen LogP contribution in [0.5, 0.6) is 0 Å². The van der Waals surface area contributed by atoms with Crippen LogP contribution in [-0.2, 0) is 14.8 Å². The van der Waals surface area contributed by atoms with Crippen molar-refractivity contribution < 1.29 is 13.2 Å².